The average molecular weight is 522 g/mol. The number of rotatable bonds is 9. The van der Waals surface area contributed by atoms with Gasteiger partial charge in [0.25, 0.3) is 0 Å². The van der Waals surface area contributed by atoms with Gasteiger partial charge in [0, 0.05) is 29.4 Å². The number of carbonyl (C=O) groups excluding carboxylic acids is 2. The zero-order valence-corrected chi connectivity index (χ0v) is 20.1. The van der Waals surface area contributed by atoms with Crippen molar-refractivity contribution >= 4 is 28.4 Å². The van der Waals surface area contributed by atoms with Crippen molar-refractivity contribution in [3.8, 4) is 28.7 Å². The minimum atomic E-state index is -0.936. The number of pyridine rings is 1. The molecule has 0 aliphatic carbocycles. The third-order valence-corrected chi connectivity index (χ3v) is 5.22. The van der Waals surface area contributed by atoms with Gasteiger partial charge in [-0.3, -0.25) is 14.6 Å². The molecular weight excluding hydrogens is 493 g/mol. The van der Waals surface area contributed by atoms with Gasteiger partial charge in [0.15, 0.2) is 23.1 Å². The average Bonchev–Trinajstić information content (AvgIpc) is 2.92. The molecule has 1 heterocycles. The Hall–Kier alpha value is -4.86. The number of para-hydroxylation sites is 1. The van der Waals surface area contributed by atoms with E-state index in [1.165, 1.54) is 32.5 Å². The number of anilines is 1. The normalized spacial score (nSPS) is 10.2. The van der Waals surface area contributed by atoms with Crippen molar-refractivity contribution in [1.82, 2.24) is 10.3 Å². The van der Waals surface area contributed by atoms with Gasteiger partial charge in [0.1, 0.15) is 18.1 Å². The summed E-state index contributed by atoms with van der Waals surface area (Å²) in [6.07, 6.45) is 1.53. The van der Waals surface area contributed by atoms with Crippen LogP contribution in [0.15, 0.2) is 72.9 Å². The number of halogens is 1. The van der Waals surface area contributed by atoms with E-state index in [4.69, 9.17) is 18.9 Å². The summed E-state index contributed by atoms with van der Waals surface area (Å²) in [6, 6.07) is 17.9. The topological polar surface area (TPSA) is 108 Å². The second-order valence-electron chi connectivity index (χ2n) is 7.65. The highest BCUT2D eigenvalue weighted by Crippen LogP contribution is 2.37. The third-order valence-electron chi connectivity index (χ3n) is 5.22. The Bertz CT molecular complexity index is 1410. The zero-order chi connectivity index (χ0) is 26.2. The fourth-order valence-corrected chi connectivity index (χ4v) is 3.43. The lowest BCUT2D eigenvalue weighted by atomic mass is 10.2. The monoisotopic (exact) mass is 521 g/mol. The number of ether oxygens (including phenoxy) is 4. The second kappa shape index (κ2) is 12.9. The fraction of sp³-hybridized carbons (Fsp3) is 0.179. The van der Waals surface area contributed by atoms with Gasteiger partial charge >= 0.3 is 11.8 Å². The first kappa shape index (κ1) is 27.7. The molecule has 2 amide bonds. The predicted octanol–water partition coefficient (Wildman–Crippen LogP) is 4.95. The summed E-state index contributed by atoms with van der Waals surface area (Å²) in [4.78, 5) is 28.5. The largest absolute Gasteiger partial charge is 0.493 e. The summed E-state index contributed by atoms with van der Waals surface area (Å²) in [5.74, 6) is -0.659. The summed E-state index contributed by atoms with van der Waals surface area (Å²) >= 11 is 0. The van der Waals surface area contributed by atoms with E-state index in [-0.39, 0.29) is 32.0 Å². The second-order valence-corrected chi connectivity index (χ2v) is 7.65. The van der Waals surface area contributed by atoms with Crippen LogP contribution in [0.4, 0.5) is 10.1 Å². The van der Waals surface area contributed by atoms with E-state index in [0.29, 0.717) is 33.9 Å². The van der Waals surface area contributed by atoms with Gasteiger partial charge in [-0.1, -0.05) is 25.6 Å². The Labute approximate surface area is 219 Å². The van der Waals surface area contributed by atoms with Crippen molar-refractivity contribution < 1.29 is 32.9 Å². The van der Waals surface area contributed by atoms with E-state index in [2.05, 4.69) is 15.6 Å². The van der Waals surface area contributed by atoms with Crippen LogP contribution in [-0.4, -0.2) is 44.2 Å². The number of methoxy groups -OCH3 is 2. The quantitative estimate of drug-likeness (QED) is 0.237. The molecule has 3 aromatic carbocycles. The summed E-state index contributed by atoms with van der Waals surface area (Å²) < 4.78 is 36.7. The molecule has 4 rings (SSSR count). The molecule has 1 aromatic heterocycles. The highest BCUT2D eigenvalue weighted by molar-refractivity contribution is 6.39. The van der Waals surface area contributed by atoms with Gasteiger partial charge in [-0.25, -0.2) is 4.39 Å². The van der Waals surface area contributed by atoms with E-state index in [9.17, 15) is 14.0 Å². The van der Waals surface area contributed by atoms with Crippen molar-refractivity contribution in [3.63, 3.8) is 0 Å². The van der Waals surface area contributed by atoms with Crippen molar-refractivity contribution in [2.45, 2.75) is 7.43 Å². The number of hydrogen-bond acceptors (Lipinski definition) is 7. The molecule has 2 N–H and O–H groups in total. The molecule has 0 fully saturated rings. The maximum Gasteiger partial charge on any atom is 0.313 e. The van der Waals surface area contributed by atoms with Crippen LogP contribution >= 0.6 is 0 Å². The first-order valence-corrected chi connectivity index (χ1v) is 11.2. The van der Waals surface area contributed by atoms with Gasteiger partial charge in [-0.15, -0.1) is 0 Å². The number of benzene rings is 3. The van der Waals surface area contributed by atoms with Gasteiger partial charge in [0.2, 0.25) is 0 Å². The number of carbonyl (C=O) groups is 2. The van der Waals surface area contributed by atoms with E-state index in [1.54, 1.807) is 30.3 Å². The highest BCUT2D eigenvalue weighted by atomic mass is 19.1. The van der Waals surface area contributed by atoms with E-state index in [1.807, 2.05) is 18.2 Å². The van der Waals surface area contributed by atoms with Crippen LogP contribution in [0.5, 0.6) is 28.7 Å². The molecule has 0 unspecified atom stereocenters. The molecule has 0 aliphatic rings. The van der Waals surface area contributed by atoms with Crippen LogP contribution in [0.25, 0.3) is 10.9 Å². The lowest BCUT2D eigenvalue weighted by Gasteiger charge is -2.13. The molecule has 0 radical (unpaired) electrons. The van der Waals surface area contributed by atoms with Gasteiger partial charge in [-0.05, 0) is 36.4 Å². The van der Waals surface area contributed by atoms with Gasteiger partial charge in [-0.2, -0.15) is 0 Å². The molecule has 0 saturated heterocycles. The van der Waals surface area contributed by atoms with Gasteiger partial charge in [0.05, 0.1) is 26.3 Å². The smallest absolute Gasteiger partial charge is 0.313 e. The number of aromatic nitrogens is 1. The number of nitrogens with one attached hydrogen (secondary N) is 2. The van der Waals surface area contributed by atoms with E-state index in [0.717, 1.165) is 6.07 Å². The number of fused-ring (bicyclic) bond motifs is 1. The minimum absolute atomic E-state index is 0. The molecule has 4 aromatic rings. The van der Waals surface area contributed by atoms with Crippen molar-refractivity contribution in [2.24, 2.45) is 0 Å². The van der Waals surface area contributed by atoms with Gasteiger partial charge < -0.3 is 29.6 Å². The molecule has 0 saturated carbocycles. The fourth-order valence-electron chi connectivity index (χ4n) is 3.43. The standard InChI is InChI=1S/C27H24FN3O6.CH4/c1-34-24-15-19-21(16-25(24)35-2)29-11-10-22(19)37-23-9-8-17(14-20(23)28)31-27(33)26(32)30-12-13-36-18-6-4-3-5-7-18;/h3-11,14-16H,12-13H2,1-2H3,(H,30,32)(H,31,33);1H4. The van der Waals surface area contributed by atoms with Crippen LogP contribution < -0.4 is 29.6 Å². The molecule has 0 spiro atoms. The predicted molar refractivity (Wildman–Crippen MR) is 142 cm³/mol. The highest BCUT2D eigenvalue weighted by Gasteiger charge is 2.16. The zero-order valence-electron chi connectivity index (χ0n) is 20.1. The summed E-state index contributed by atoms with van der Waals surface area (Å²) in [7, 11) is 3.02. The van der Waals surface area contributed by atoms with Crippen LogP contribution in [0.3, 0.4) is 0 Å². The number of nitrogens with zero attached hydrogens (tertiary/aromatic N) is 1. The summed E-state index contributed by atoms with van der Waals surface area (Å²) in [5, 5.41) is 5.40. The van der Waals surface area contributed by atoms with Crippen LogP contribution in [0, 0.1) is 5.82 Å². The third kappa shape index (κ3) is 6.67. The molecule has 9 nitrogen and oxygen atoms in total. The Balaban J connectivity index is 0.00000400. The number of hydrogen-bond donors (Lipinski definition) is 2. The molecule has 0 aliphatic heterocycles. The molecule has 38 heavy (non-hydrogen) atoms. The van der Waals surface area contributed by atoms with E-state index >= 15 is 0 Å². The first-order chi connectivity index (χ1) is 18.0. The Morgan fingerprint density at radius 3 is 2.32 bits per heavy atom. The molecule has 198 valence electrons. The maximum absolute atomic E-state index is 14.8. The van der Waals surface area contributed by atoms with Crippen LogP contribution in [-0.2, 0) is 9.59 Å². The first-order valence-electron chi connectivity index (χ1n) is 11.2. The Morgan fingerprint density at radius 1 is 0.868 bits per heavy atom. The van der Waals surface area contributed by atoms with Crippen molar-refractivity contribution in [1.29, 1.82) is 0 Å². The molecule has 10 heteroatoms. The van der Waals surface area contributed by atoms with E-state index < -0.39 is 17.6 Å². The van der Waals surface area contributed by atoms with Crippen LogP contribution in [0.2, 0.25) is 0 Å². The molecular formula is C28H28FN3O6. The van der Waals surface area contributed by atoms with Crippen LogP contribution in [0.1, 0.15) is 7.43 Å². The Kier molecular flexibility index (Phi) is 9.42. The lowest BCUT2D eigenvalue weighted by molar-refractivity contribution is -0.136. The minimum Gasteiger partial charge on any atom is -0.493 e. The molecule has 0 atom stereocenters. The number of amides is 2. The summed E-state index contributed by atoms with van der Waals surface area (Å²) in [5.41, 5.74) is 0.663. The Morgan fingerprint density at radius 2 is 1.61 bits per heavy atom. The van der Waals surface area contributed by atoms with Crippen molar-refractivity contribution in [2.75, 3.05) is 32.7 Å². The SMILES string of the molecule is C.COc1cc2nccc(Oc3ccc(NC(=O)C(=O)NCCOc4ccccc4)cc3F)c2cc1OC. The van der Waals surface area contributed by atoms with Crippen molar-refractivity contribution in [3.05, 3.63) is 78.7 Å². The maximum atomic E-state index is 14.8. The molecule has 0 bridgehead atoms. The summed E-state index contributed by atoms with van der Waals surface area (Å²) in [6.45, 7) is 0.310. The lowest BCUT2D eigenvalue weighted by Crippen LogP contribution is -2.37.